The van der Waals surface area contributed by atoms with Crippen molar-refractivity contribution in [2.24, 2.45) is 0 Å². The molecule has 0 aliphatic carbocycles. The van der Waals surface area contributed by atoms with Gasteiger partial charge in [-0.3, -0.25) is 0 Å². The van der Waals surface area contributed by atoms with Crippen molar-refractivity contribution in [1.29, 1.82) is 0 Å². The van der Waals surface area contributed by atoms with Gasteiger partial charge in [-0.2, -0.15) is 0 Å². The predicted molar refractivity (Wildman–Crippen MR) is 76.0 cm³/mol. The van der Waals surface area contributed by atoms with Gasteiger partial charge in [0.25, 0.3) is 0 Å². The molecule has 1 N–H and O–H groups in total. The van der Waals surface area contributed by atoms with Crippen LogP contribution >= 0.6 is 0 Å². The Bertz CT molecular complexity index is 517. The number of fused-ring (bicyclic) bond motifs is 1. The highest BCUT2D eigenvalue weighted by atomic mass is 16.5. The summed E-state index contributed by atoms with van der Waals surface area (Å²) in [5.41, 5.74) is 1.18. The van der Waals surface area contributed by atoms with E-state index in [1.54, 1.807) is 0 Å². The van der Waals surface area contributed by atoms with E-state index in [-0.39, 0.29) is 0 Å². The number of ether oxygens (including phenoxy) is 1. The molecule has 3 rings (SSSR count). The predicted octanol–water partition coefficient (Wildman–Crippen LogP) is 3.82. The second-order valence-corrected chi connectivity index (χ2v) is 4.93. The molecule has 1 unspecified atom stereocenters. The Labute approximate surface area is 108 Å². The van der Waals surface area contributed by atoms with Crippen LogP contribution in [0.15, 0.2) is 42.5 Å². The summed E-state index contributed by atoms with van der Waals surface area (Å²) in [4.78, 5) is 0. The molecular formula is C16H19NO. The van der Waals surface area contributed by atoms with Crippen molar-refractivity contribution in [3.8, 4) is 0 Å². The Kier molecular flexibility index (Phi) is 3.47. The van der Waals surface area contributed by atoms with Crippen LogP contribution < -0.4 is 5.32 Å². The van der Waals surface area contributed by atoms with Crippen LogP contribution in [0.3, 0.4) is 0 Å². The van der Waals surface area contributed by atoms with Gasteiger partial charge < -0.3 is 10.1 Å². The first-order valence-electron chi connectivity index (χ1n) is 6.76. The average molecular weight is 241 g/mol. The van der Waals surface area contributed by atoms with E-state index in [2.05, 4.69) is 47.8 Å². The summed E-state index contributed by atoms with van der Waals surface area (Å²) in [7, 11) is 0. The number of hydrogen-bond donors (Lipinski definition) is 1. The smallest absolute Gasteiger partial charge is 0.0747 e. The van der Waals surface area contributed by atoms with Gasteiger partial charge in [-0.1, -0.05) is 30.3 Å². The first-order chi connectivity index (χ1) is 8.92. The van der Waals surface area contributed by atoms with Gasteiger partial charge in [-0.15, -0.1) is 0 Å². The van der Waals surface area contributed by atoms with Crippen molar-refractivity contribution >= 4 is 16.5 Å². The molecule has 0 radical (unpaired) electrons. The lowest BCUT2D eigenvalue weighted by molar-refractivity contribution is 0.0247. The van der Waals surface area contributed by atoms with E-state index in [9.17, 15) is 0 Å². The summed E-state index contributed by atoms with van der Waals surface area (Å²) < 4.78 is 5.72. The van der Waals surface area contributed by atoms with E-state index in [0.717, 1.165) is 13.2 Å². The van der Waals surface area contributed by atoms with Gasteiger partial charge >= 0.3 is 0 Å². The summed E-state index contributed by atoms with van der Waals surface area (Å²) in [6.45, 7) is 1.84. The third-order valence-electron chi connectivity index (χ3n) is 3.56. The Morgan fingerprint density at radius 3 is 2.78 bits per heavy atom. The van der Waals surface area contributed by atoms with Gasteiger partial charge in [0.1, 0.15) is 0 Å². The fraction of sp³-hybridized carbons (Fsp3) is 0.375. The third-order valence-corrected chi connectivity index (χ3v) is 3.56. The van der Waals surface area contributed by atoms with Crippen LogP contribution in [0.1, 0.15) is 19.3 Å². The van der Waals surface area contributed by atoms with Crippen molar-refractivity contribution < 1.29 is 4.74 Å². The minimum Gasteiger partial charge on any atom is -0.382 e. The average Bonchev–Trinajstić information content (AvgIpc) is 2.46. The molecule has 1 aliphatic heterocycles. The topological polar surface area (TPSA) is 21.3 Å². The molecule has 0 amide bonds. The van der Waals surface area contributed by atoms with E-state index in [0.29, 0.717) is 6.10 Å². The third kappa shape index (κ3) is 2.65. The van der Waals surface area contributed by atoms with E-state index in [1.165, 1.54) is 35.7 Å². The fourth-order valence-corrected chi connectivity index (χ4v) is 2.50. The lowest BCUT2D eigenvalue weighted by atomic mass is 10.1. The maximum Gasteiger partial charge on any atom is 0.0747 e. The molecule has 1 atom stereocenters. The maximum atomic E-state index is 5.72. The van der Waals surface area contributed by atoms with Crippen LogP contribution in [-0.4, -0.2) is 19.3 Å². The molecule has 2 aromatic carbocycles. The van der Waals surface area contributed by atoms with Crippen LogP contribution in [0, 0.1) is 0 Å². The van der Waals surface area contributed by atoms with Gasteiger partial charge in [0.2, 0.25) is 0 Å². The summed E-state index contributed by atoms with van der Waals surface area (Å²) >= 11 is 0. The molecule has 2 heteroatoms. The van der Waals surface area contributed by atoms with E-state index >= 15 is 0 Å². The summed E-state index contributed by atoms with van der Waals surface area (Å²) in [6.07, 6.45) is 4.07. The minimum absolute atomic E-state index is 0.380. The van der Waals surface area contributed by atoms with Crippen LogP contribution in [0.25, 0.3) is 10.8 Å². The lowest BCUT2D eigenvalue weighted by Gasteiger charge is -2.23. The minimum atomic E-state index is 0.380. The van der Waals surface area contributed by atoms with Gasteiger partial charge in [0.05, 0.1) is 6.10 Å². The molecular weight excluding hydrogens is 222 g/mol. The van der Waals surface area contributed by atoms with Crippen LogP contribution in [-0.2, 0) is 4.74 Å². The Hall–Kier alpha value is -1.54. The van der Waals surface area contributed by atoms with Crippen LogP contribution in [0.2, 0.25) is 0 Å². The zero-order chi connectivity index (χ0) is 12.2. The second kappa shape index (κ2) is 5.40. The van der Waals surface area contributed by atoms with Gasteiger partial charge in [-0.05, 0) is 42.2 Å². The molecule has 0 aromatic heterocycles. The van der Waals surface area contributed by atoms with Gasteiger partial charge in [-0.25, -0.2) is 0 Å². The molecule has 0 bridgehead atoms. The van der Waals surface area contributed by atoms with Gasteiger partial charge in [0, 0.05) is 18.8 Å². The monoisotopic (exact) mass is 241 g/mol. The number of hydrogen-bond acceptors (Lipinski definition) is 2. The molecule has 2 aromatic rings. The van der Waals surface area contributed by atoms with E-state index in [4.69, 9.17) is 4.74 Å². The highest BCUT2D eigenvalue weighted by Gasteiger charge is 2.13. The molecule has 0 saturated carbocycles. The summed E-state index contributed by atoms with van der Waals surface area (Å²) in [5, 5.41) is 6.05. The molecule has 2 nitrogen and oxygen atoms in total. The molecule has 18 heavy (non-hydrogen) atoms. The van der Waals surface area contributed by atoms with E-state index in [1.807, 2.05) is 0 Å². The largest absolute Gasteiger partial charge is 0.382 e. The van der Waals surface area contributed by atoms with Crippen molar-refractivity contribution in [2.75, 3.05) is 18.5 Å². The normalized spacial score (nSPS) is 19.9. The van der Waals surface area contributed by atoms with Crippen molar-refractivity contribution in [1.82, 2.24) is 0 Å². The quantitative estimate of drug-likeness (QED) is 0.882. The van der Waals surface area contributed by atoms with E-state index < -0.39 is 0 Å². The first kappa shape index (κ1) is 11.5. The molecule has 94 valence electrons. The summed E-state index contributed by atoms with van der Waals surface area (Å²) in [5.74, 6) is 0. The number of anilines is 1. The summed E-state index contributed by atoms with van der Waals surface area (Å²) in [6, 6.07) is 15.0. The van der Waals surface area contributed by atoms with Gasteiger partial charge in [0.15, 0.2) is 0 Å². The molecule has 1 fully saturated rings. The standard InChI is InChI=1S/C16H19NO/c1-2-6-14-11-15(9-8-13(14)5-1)17-12-16-7-3-4-10-18-16/h1-2,5-6,8-9,11,16-17H,3-4,7,10,12H2. The highest BCUT2D eigenvalue weighted by Crippen LogP contribution is 2.20. The van der Waals surface area contributed by atoms with Crippen molar-refractivity contribution in [3.63, 3.8) is 0 Å². The van der Waals surface area contributed by atoms with Crippen molar-refractivity contribution in [3.05, 3.63) is 42.5 Å². The number of nitrogens with one attached hydrogen (secondary N) is 1. The zero-order valence-corrected chi connectivity index (χ0v) is 10.6. The Balaban J connectivity index is 1.66. The molecule has 1 heterocycles. The SMILES string of the molecule is c1ccc2cc(NCC3CCCCO3)ccc2c1. The lowest BCUT2D eigenvalue weighted by Crippen LogP contribution is -2.26. The first-order valence-corrected chi connectivity index (χ1v) is 6.76. The number of benzene rings is 2. The molecule has 1 saturated heterocycles. The zero-order valence-electron chi connectivity index (χ0n) is 10.6. The van der Waals surface area contributed by atoms with Crippen LogP contribution in [0.5, 0.6) is 0 Å². The van der Waals surface area contributed by atoms with Crippen LogP contribution in [0.4, 0.5) is 5.69 Å². The Morgan fingerprint density at radius 1 is 1.06 bits per heavy atom. The number of rotatable bonds is 3. The Morgan fingerprint density at radius 2 is 1.94 bits per heavy atom. The highest BCUT2D eigenvalue weighted by molar-refractivity contribution is 5.85. The second-order valence-electron chi connectivity index (χ2n) is 4.93. The fourth-order valence-electron chi connectivity index (χ4n) is 2.50. The molecule has 1 aliphatic rings. The van der Waals surface area contributed by atoms with Crippen molar-refractivity contribution in [2.45, 2.75) is 25.4 Å². The maximum absolute atomic E-state index is 5.72. The molecule has 0 spiro atoms.